The number of nitrogens with zero attached hydrogens (tertiary/aromatic N) is 2. The SMILES string of the molecule is CC(C)(C)OC[C@H](NC(=O)OC(C)(C)C)c1noc([C@H](CC(=O)NC(c2ccccc2)(c2ccccc2)c2ccccc2)NC(=O)OCC2c3ccccc3-c3ccccc32)n1. The van der Waals surface area contributed by atoms with Crippen LogP contribution in [-0.2, 0) is 24.5 Å². The third-order valence-electron chi connectivity index (χ3n) is 10.4. The smallest absolute Gasteiger partial charge is 0.408 e. The molecule has 3 N–H and O–H groups in total. The van der Waals surface area contributed by atoms with Gasteiger partial charge in [0, 0.05) is 5.92 Å². The summed E-state index contributed by atoms with van der Waals surface area (Å²) >= 11 is 0. The second kappa shape index (κ2) is 18.4. The molecule has 12 nitrogen and oxygen atoms in total. The first-order valence-corrected chi connectivity index (χ1v) is 20.8. The van der Waals surface area contributed by atoms with Gasteiger partial charge in [-0.15, -0.1) is 0 Å². The van der Waals surface area contributed by atoms with Crippen LogP contribution in [0.15, 0.2) is 144 Å². The van der Waals surface area contributed by atoms with Crippen LogP contribution in [0.25, 0.3) is 11.1 Å². The summed E-state index contributed by atoms with van der Waals surface area (Å²) in [6, 6.07) is 43.2. The summed E-state index contributed by atoms with van der Waals surface area (Å²) in [6.07, 6.45) is -1.83. The third-order valence-corrected chi connectivity index (χ3v) is 10.4. The van der Waals surface area contributed by atoms with Gasteiger partial charge in [0.1, 0.15) is 29.8 Å². The highest BCUT2D eigenvalue weighted by molar-refractivity contribution is 5.81. The van der Waals surface area contributed by atoms with E-state index in [4.69, 9.17) is 18.7 Å². The minimum absolute atomic E-state index is 0.0274. The Balaban J connectivity index is 1.21. The Labute approximate surface area is 362 Å². The molecule has 0 fully saturated rings. The quantitative estimate of drug-likeness (QED) is 0.0911. The van der Waals surface area contributed by atoms with Crippen LogP contribution >= 0.6 is 0 Å². The molecule has 0 saturated heterocycles. The molecule has 0 spiro atoms. The number of rotatable bonds is 14. The summed E-state index contributed by atoms with van der Waals surface area (Å²) < 4.78 is 23.3. The van der Waals surface area contributed by atoms with Gasteiger partial charge in [0.2, 0.25) is 11.8 Å². The first kappa shape index (κ1) is 43.3. The summed E-state index contributed by atoms with van der Waals surface area (Å²) in [5.41, 5.74) is 4.27. The number of alkyl carbamates (subject to hydrolysis) is 2. The molecule has 0 aliphatic heterocycles. The van der Waals surface area contributed by atoms with Crippen LogP contribution in [0.5, 0.6) is 0 Å². The van der Waals surface area contributed by atoms with Crippen LogP contribution in [-0.4, -0.2) is 52.7 Å². The number of fused-ring (bicyclic) bond motifs is 3. The van der Waals surface area contributed by atoms with Crippen LogP contribution in [0.1, 0.15) is 105 Å². The summed E-state index contributed by atoms with van der Waals surface area (Å²) in [7, 11) is 0. The van der Waals surface area contributed by atoms with Gasteiger partial charge < -0.3 is 34.7 Å². The van der Waals surface area contributed by atoms with Crippen molar-refractivity contribution in [3.8, 4) is 11.1 Å². The molecule has 0 radical (unpaired) electrons. The van der Waals surface area contributed by atoms with Crippen molar-refractivity contribution in [2.75, 3.05) is 13.2 Å². The van der Waals surface area contributed by atoms with Gasteiger partial charge in [-0.05, 0) is 80.5 Å². The zero-order chi connectivity index (χ0) is 43.9. The molecule has 1 aliphatic rings. The van der Waals surface area contributed by atoms with E-state index in [1.165, 1.54) is 0 Å². The molecule has 1 aliphatic carbocycles. The Kier molecular flexibility index (Phi) is 12.9. The van der Waals surface area contributed by atoms with Gasteiger partial charge in [0.25, 0.3) is 0 Å². The Morgan fingerprint density at radius 3 is 1.61 bits per heavy atom. The van der Waals surface area contributed by atoms with E-state index in [0.717, 1.165) is 38.9 Å². The van der Waals surface area contributed by atoms with Crippen molar-refractivity contribution in [2.24, 2.45) is 0 Å². The van der Waals surface area contributed by atoms with Gasteiger partial charge in [-0.25, -0.2) is 9.59 Å². The zero-order valence-electron chi connectivity index (χ0n) is 35.9. The number of benzene rings is 5. The van der Waals surface area contributed by atoms with Crippen LogP contribution in [0, 0.1) is 0 Å². The van der Waals surface area contributed by atoms with E-state index in [-0.39, 0.29) is 37.3 Å². The van der Waals surface area contributed by atoms with Crippen LogP contribution in [0.3, 0.4) is 0 Å². The maximum atomic E-state index is 14.7. The molecule has 12 heteroatoms. The summed E-state index contributed by atoms with van der Waals surface area (Å²) in [6.45, 7) is 10.9. The van der Waals surface area contributed by atoms with E-state index in [1.54, 1.807) is 20.8 Å². The van der Waals surface area contributed by atoms with E-state index >= 15 is 0 Å². The lowest BCUT2D eigenvalue weighted by atomic mass is 9.77. The summed E-state index contributed by atoms with van der Waals surface area (Å²) in [5, 5.41) is 13.2. The van der Waals surface area contributed by atoms with Gasteiger partial charge in [0.05, 0.1) is 18.6 Å². The maximum Gasteiger partial charge on any atom is 0.408 e. The third kappa shape index (κ3) is 10.2. The number of ether oxygens (including phenoxy) is 3. The van der Waals surface area contributed by atoms with Crippen LogP contribution in [0.4, 0.5) is 9.59 Å². The molecule has 5 aromatic carbocycles. The van der Waals surface area contributed by atoms with Crippen LogP contribution in [0.2, 0.25) is 0 Å². The predicted molar refractivity (Wildman–Crippen MR) is 235 cm³/mol. The molecule has 3 amide bonds. The average molecular weight is 836 g/mol. The lowest BCUT2D eigenvalue weighted by molar-refractivity contribution is -0.123. The standard InChI is InChI=1S/C50H53N5O7/c1-48(2,3)60-32-42(52-47(58)61-49(4,5)6)44-53-45(62-55-44)41(51-46(57)59-31-40-38-28-18-16-26-36(38)37-27-17-19-29-39(37)40)30-43(56)54-50(33-20-10-7-11-21-33,34-22-12-8-13-23-34)35-24-14-9-15-25-35/h7-29,40-42H,30-32H2,1-6H3,(H,51,57)(H,52,58)(H,54,56)/t41-,42-/m0/s1. The molecule has 1 aromatic heterocycles. The van der Waals surface area contributed by atoms with Crippen molar-refractivity contribution >= 4 is 18.1 Å². The summed E-state index contributed by atoms with van der Waals surface area (Å²) in [4.78, 5) is 46.3. The van der Waals surface area contributed by atoms with Crippen molar-refractivity contribution in [3.63, 3.8) is 0 Å². The fourth-order valence-electron chi connectivity index (χ4n) is 7.70. The molecular formula is C50H53N5O7. The fraction of sp³-hybridized carbons (Fsp3) is 0.300. The average Bonchev–Trinajstić information content (AvgIpc) is 3.87. The number of hydrogen-bond donors (Lipinski definition) is 3. The monoisotopic (exact) mass is 835 g/mol. The Hall–Kier alpha value is -6.79. The predicted octanol–water partition coefficient (Wildman–Crippen LogP) is 9.53. The van der Waals surface area contributed by atoms with Crippen molar-refractivity contribution in [1.82, 2.24) is 26.1 Å². The van der Waals surface area contributed by atoms with E-state index < -0.39 is 46.9 Å². The Bertz CT molecular complexity index is 2320. The molecule has 1 heterocycles. The highest BCUT2D eigenvalue weighted by atomic mass is 16.6. The Morgan fingerprint density at radius 1 is 0.629 bits per heavy atom. The minimum Gasteiger partial charge on any atom is -0.449 e. The van der Waals surface area contributed by atoms with Crippen LogP contribution < -0.4 is 16.0 Å². The number of carbonyl (C=O) groups excluding carboxylic acids is 3. The number of aromatic nitrogens is 2. The number of carbonyl (C=O) groups is 3. The molecule has 0 bridgehead atoms. The van der Waals surface area contributed by atoms with Gasteiger partial charge >= 0.3 is 12.2 Å². The molecule has 2 atom stereocenters. The first-order chi connectivity index (χ1) is 29.7. The number of amides is 3. The van der Waals surface area contributed by atoms with E-state index in [0.29, 0.717) is 0 Å². The lowest BCUT2D eigenvalue weighted by Gasteiger charge is -2.37. The number of nitrogens with one attached hydrogen (secondary N) is 3. The van der Waals surface area contributed by atoms with Gasteiger partial charge in [-0.1, -0.05) is 145 Å². The molecule has 0 unspecified atom stereocenters. The lowest BCUT2D eigenvalue weighted by Crippen LogP contribution is -2.48. The van der Waals surface area contributed by atoms with Crippen molar-refractivity contribution in [3.05, 3.63) is 179 Å². The zero-order valence-corrected chi connectivity index (χ0v) is 35.9. The minimum atomic E-state index is -1.17. The molecular weight excluding hydrogens is 783 g/mol. The highest BCUT2D eigenvalue weighted by Gasteiger charge is 2.39. The molecule has 6 aromatic rings. The molecule has 62 heavy (non-hydrogen) atoms. The summed E-state index contributed by atoms with van der Waals surface area (Å²) in [5.74, 6) is -0.664. The van der Waals surface area contributed by atoms with Gasteiger partial charge in [0.15, 0.2) is 5.82 Å². The maximum absolute atomic E-state index is 14.7. The molecule has 0 saturated carbocycles. The van der Waals surface area contributed by atoms with Crippen molar-refractivity contribution in [1.29, 1.82) is 0 Å². The highest BCUT2D eigenvalue weighted by Crippen LogP contribution is 2.44. The first-order valence-electron chi connectivity index (χ1n) is 20.8. The Morgan fingerprint density at radius 2 is 1.11 bits per heavy atom. The largest absolute Gasteiger partial charge is 0.449 e. The van der Waals surface area contributed by atoms with E-state index in [2.05, 4.69) is 38.2 Å². The normalized spacial score (nSPS) is 13.6. The van der Waals surface area contributed by atoms with Crippen molar-refractivity contribution < 1.29 is 33.1 Å². The topological polar surface area (TPSA) is 154 Å². The van der Waals surface area contributed by atoms with Gasteiger partial charge in [-0.3, -0.25) is 4.79 Å². The second-order valence-electron chi connectivity index (χ2n) is 17.2. The van der Waals surface area contributed by atoms with E-state index in [9.17, 15) is 14.4 Å². The molecule has 320 valence electrons. The van der Waals surface area contributed by atoms with Gasteiger partial charge in [-0.2, -0.15) is 4.98 Å². The van der Waals surface area contributed by atoms with Crippen molar-refractivity contribution in [2.45, 2.75) is 82.7 Å². The second-order valence-corrected chi connectivity index (χ2v) is 17.2. The molecule has 7 rings (SSSR count). The van der Waals surface area contributed by atoms with E-state index in [1.807, 2.05) is 148 Å². The number of hydrogen-bond acceptors (Lipinski definition) is 9. The fourth-order valence-corrected chi connectivity index (χ4v) is 7.70.